The molecule has 1 aromatic rings. The van der Waals surface area contributed by atoms with Crippen LogP contribution in [0.2, 0.25) is 0 Å². The van der Waals surface area contributed by atoms with Gasteiger partial charge in [0, 0.05) is 37.5 Å². The summed E-state index contributed by atoms with van der Waals surface area (Å²) in [4.78, 5) is 27.6. The number of hydrogen-bond acceptors (Lipinski definition) is 5. The molecular formula is C25H38N4OS. The molecule has 1 aromatic heterocycles. The fraction of sp³-hybridized carbons (Fsp3) is 0.800. The Kier molecular flexibility index (Phi) is 5.95. The third-order valence-electron chi connectivity index (χ3n) is 8.36. The highest BCUT2D eigenvalue weighted by Crippen LogP contribution is 2.55. The molecule has 1 amide bonds. The molecule has 0 spiro atoms. The van der Waals surface area contributed by atoms with E-state index in [2.05, 4.69) is 34.7 Å². The van der Waals surface area contributed by atoms with Crippen molar-refractivity contribution >= 4 is 23.5 Å². The molecule has 0 N–H and O–H groups in total. The number of carbonyl (C=O) groups excluding carboxylic acids is 1. The van der Waals surface area contributed by atoms with Crippen LogP contribution in [0.3, 0.4) is 0 Å². The van der Waals surface area contributed by atoms with Crippen LogP contribution < -0.4 is 4.90 Å². The average Bonchev–Trinajstić information content (AvgIpc) is 3.26. The molecule has 4 fully saturated rings. The first-order chi connectivity index (χ1) is 14.9. The van der Waals surface area contributed by atoms with Crippen LogP contribution >= 0.6 is 11.8 Å². The van der Waals surface area contributed by atoms with E-state index in [1.807, 2.05) is 18.7 Å². The van der Waals surface area contributed by atoms with Crippen molar-refractivity contribution in [2.75, 3.05) is 31.1 Å². The SMILES string of the molecule is Cc1nc(SC(C)C)cc(N2CC(C3CCCN(C(=O)C45CCCC4CCC5)C3)C2)n1. The highest BCUT2D eigenvalue weighted by atomic mass is 32.2. The number of thioether (sulfide) groups is 1. The van der Waals surface area contributed by atoms with Gasteiger partial charge in [-0.25, -0.2) is 9.97 Å². The lowest BCUT2D eigenvalue weighted by Crippen LogP contribution is -2.56. The minimum atomic E-state index is 0.0243. The summed E-state index contributed by atoms with van der Waals surface area (Å²) in [6.45, 7) is 10.5. The van der Waals surface area contributed by atoms with Gasteiger partial charge in [0.25, 0.3) is 0 Å². The Bertz CT molecular complexity index is 812. The monoisotopic (exact) mass is 442 g/mol. The zero-order valence-electron chi connectivity index (χ0n) is 19.5. The lowest BCUT2D eigenvalue weighted by molar-refractivity contribution is -0.145. The van der Waals surface area contributed by atoms with Gasteiger partial charge in [-0.1, -0.05) is 26.7 Å². The first kappa shape index (κ1) is 21.5. The van der Waals surface area contributed by atoms with Crippen LogP contribution in [-0.2, 0) is 4.79 Å². The average molecular weight is 443 g/mol. The summed E-state index contributed by atoms with van der Waals surface area (Å²) in [7, 11) is 0. The van der Waals surface area contributed by atoms with Crippen LogP contribution in [0.4, 0.5) is 5.82 Å². The second-order valence-electron chi connectivity index (χ2n) is 10.7. The second-order valence-corrected chi connectivity index (χ2v) is 12.3. The highest BCUT2D eigenvalue weighted by molar-refractivity contribution is 7.99. The van der Waals surface area contributed by atoms with Gasteiger partial charge in [-0.15, -0.1) is 11.8 Å². The van der Waals surface area contributed by atoms with Gasteiger partial charge in [0.1, 0.15) is 16.7 Å². The van der Waals surface area contributed by atoms with Crippen LogP contribution in [0.15, 0.2) is 11.1 Å². The van der Waals surface area contributed by atoms with Gasteiger partial charge >= 0.3 is 0 Å². The molecule has 0 bridgehead atoms. The van der Waals surface area contributed by atoms with E-state index in [9.17, 15) is 4.79 Å². The maximum atomic E-state index is 13.6. The number of nitrogens with zero attached hydrogens (tertiary/aromatic N) is 4. The molecule has 0 radical (unpaired) electrons. The van der Waals surface area contributed by atoms with Crippen LogP contribution in [0.5, 0.6) is 0 Å². The van der Waals surface area contributed by atoms with Crippen LogP contribution in [0, 0.1) is 30.1 Å². The highest BCUT2D eigenvalue weighted by Gasteiger charge is 2.53. The summed E-state index contributed by atoms with van der Waals surface area (Å²) in [5, 5.41) is 1.60. The summed E-state index contributed by atoms with van der Waals surface area (Å²) in [6.07, 6.45) is 9.86. The van der Waals surface area contributed by atoms with Gasteiger partial charge in [0.05, 0.1) is 5.41 Å². The Balaban J connectivity index is 1.20. The predicted molar refractivity (Wildman–Crippen MR) is 126 cm³/mol. The standard InChI is InChI=1S/C25H38N4OS/c1-17(2)31-23-13-22(26-18(3)27-23)29-15-20(16-29)19-7-6-12-28(14-19)24(30)25-10-4-8-21(25)9-5-11-25/h13,17,19-21H,4-12,14-16H2,1-3H3. The van der Waals surface area contributed by atoms with Gasteiger partial charge < -0.3 is 9.80 Å². The van der Waals surface area contributed by atoms with Crippen molar-refractivity contribution in [3.05, 3.63) is 11.9 Å². The summed E-state index contributed by atoms with van der Waals surface area (Å²) >= 11 is 1.81. The third-order valence-corrected chi connectivity index (χ3v) is 9.28. The maximum Gasteiger partial charge on any atom is 0.229 e. The molecule has 5 rings (SSSR count). The number of carbonyl (C=O) groups is 1. The van der Waals surface area contributed by atoms with E-state index in [-0.39, 0.29) is 5.41 Å². The Morgan fingerprint density at radius 2 is 1.81 bits per heavy atom. The molecule has 2 aliphatic heterocycles. The number of rotatable bonds is 5. The van der Waals surface area contributed by atoms with Crippen LogP contribution in [0.25, 0.3) is 0 Å². The minimum absolute atomic E-state index is 0.0243. The third kappa shape index (κ3) is 4.09. The summed E-state index contributed by atoms with van der Waals surface area (Å²) in [6, 6.07) is 2.16. The van der Waals surface area contributed by atoms with Crippen molar-refractivity contribution in [2.45, 2.75) is 82.4 Å². The van der Waals surface area contributed by atoms with E-state index in [1.165, 1.54) is 38.5 Å². The molecule has 1 unspecified atom stereocenters. The largest absolute Gasteiger partial charge is 0.356 e. The molecule has 2 saturated heterocycles. The Hall–Kier alpha value is -1.30. The number of aryl methyl sites for hydroxylation is 1. The number of piperidine rings is 1. The van der Waals surface area contributed by atoms with Gasteiger partial charge in [0.2, 0.25) is 5.91 Å². The molecular weight excluding hydrogens is 404 g/mol. The van der Waals surface area contributed by atoms with Crippen molar-refractivity contribution in [2.24, 2.45) is 23.2 Å². The van der Waals surface area contributed by atoms with Crippen LogP contribution in [-0.4, -0.2) is 52.2 Å². The van der Waals surface area contributed by atoms with E-state index in [0.717, 1.165) is 55.7 Å². The van der Waals surface area contributed by atoms with E-state index in [1.54, 1.807) is 0 Å². The smallest absolute Gasteiger partial charge is 0.229 e. The number of anilines is 1. The van der Waals surface area contributed by atoms with Crippen molar-refractivity contribution in [3.63, 3.8) is 0 Å². The molecule has 2 aliphatic carbocycles. The molecule has 0 aromatic carbocycles. The number of aromatic nitrogens is 2. The first-order valence-corrected chi connectivity index (χ1v) is 13.4. The Labute approximate surface area is 191 Å². The van der Waals surface area contributed by atoms with Gasteiger partial charge in [0.15, 0.2) is 0 Å². The normalized spacial score (nSPS) is 31.2. The van der Waals surface area contributed by atoms with E-state index >= 15 is 0 Å². The second kappa shape index (κ2) is 8.57. The Morgan fingerprint density at radius 1 is 1.06 bits per heavy atom. The molecule has 2 saturated carbocycles. The van der Waals surface area contributed by atoms with E-state index in [0.29, 0.717) is 28.9 Å². The molecule has 170 valence electrons. The Morgan fingerprint density at radius 3 is 2.52 bits per heavy atom. The minimum Gasteiger partial charge on any atom is -0.356 e. The maximum absolute atomic E-state index is 13.6. The first-order valence-electron chi connectivity index (χ1n) is 12.5. The van der Waals surface area contributed by atoms with Crippen molar-refractivity contribution in [3.8, 4) is 0 Å². The van der Waals surface area contributed by atoms with Crippen LogP contribution in [0.1, 0.15) is 71.0 Å². The number of hydrogen-bond donors (Lipinski definition) is 0. The molecule has 1 atom stereocenters. The molecule has 31 heavy (non-hydrogen) atoms. The van der Waals surface area contributed by atoms with Gasteiger partial charge in [-0.3, -0.25) is 4.79 Å². The summed E-state index contributed by atoms with van der Waals surface area (Å²) in [5.41, 5.74) is 0.0243. The van der Waals surface area contributed by atoms with Gasteiger partial charge in [-0.05, 0) is 63.2 Å². The fourth-order valence-electron chi connectivity index (χ4n) is 6.83. The van der Waals surface area contributed by atoms with E-state index < -0.39 is 0 Å². The summed E-state index contributed by atoms with van der Waals surface area (Å²) in [5.74, 6) is 4.48. The zero-order chi connectivity index (χ0) is 21.6. The predicted octanol–water partition coefficient (Wildman–Crippen LogP) is 4.93. The molecule has 5 nitrogen and oxygen atoms in total. The summed E-state index contributed by atoms with van der Waals surface area (Å²) < 4.78 is 0. The fourth-order valence-corrected chi connectivity index (χ4v) is 7.67. The van der Waals surface area contributed by atoms with Gasteiger partial charge in [-0.2, -0.15) is 0 Å². The molecule has 4 aliphatic rings. The topological polar surface area (TPSA) is 49.3 Å². The van der Waals surface area contributed by atoms with Crippen molar-refractivity contribution in [1.82, 2.24) is 14.9 Å². The number of amides is 1. The molecule has 6 heteroatoms. The zero-order valence-corrected chi connectivity index (χ0v) is 20.3. The molecule has 3 heterocycles. The van der Waals surface area contributed by atoms with Crippen molar-refractivity contribution in [1.29, 1.82) is 0 Å². The van der Waals surface area contributed by atoms with Crippen molar-refractivity contribution < 1.29 is 4.79 Å². The number of likely N-dealkylation sites (tertiary alicyclic amines) is 1. The lowest BCUT2D eigenvalue weighted by atomic mass is 9.76. The quantitative estimate of drug-likeness (QED) is 0.478. The number of fused-ring (bicyclic) bond motifs is 1. The van der Waals surface area contributed by atoms with E-state index in [4.69, 9.17) is 4.98 Å². The lowest BCUT2D eigenvalue weighted by Gasteiger charge is -2.48.